The summed E-state index contributed by atoms with van der Waals surface area (Å²) in [5, 5.41) is 15.9. The Balaban J connectivity index is 1.73. The van der Waals surface area contributed by atoms with E-state index < -0.39 is 29.9 Å². The zero-order valence-corrected chi connectivity index (χ0v) is 16.6. The molecular formula is C21H20ClN3O4. The van der Waals surface area contributed by atoms with Crippen molar-refractivity contribution >= 4 is 40.3 Å². The summed E-state index contributed by atoms with van der Waals surface area (Å²) in [7, 11) is 1.74. The maximum Gasteiger partial charge on any atom is 0.330 e. The number of aliphatic carboxylic acids is 1. The summed E-state index contributed by atoms with van der Waals surface area (Å²) in [5.41, 5.74) is 1.63. The average molecular weight is 414 g/mol. The Labute approximate surface area is 172 Å². The number of benzene rings is 2. The van der Waals surface area contributed by atoms with Gasteiger partial charge < -0.3 is 20.3 Å². The Morgan fingerprint density at radius 1 is 1.03 bits per heavy atom. The van der Waals surface area contributed by atoms with Crippen molar-refractivity contribution in [2.75, 3.05) is 0 Å². The number of carbonyl (C=O) groups is 3. The molecule has 2 amide bonds. The Hall–Kier alpha value is -3.32. The molecule has 0 saturated heterocycles. The van der Waals surface area contributed by atoms with E-state index in [4.69, 9.17) is 11.6 Å². The number of aryl methyl sites for hydroxylation is 1. The van der Waals surface area contributed by atoms with Gasteiger partial charge >= 0.3 is 5.97 Å². The number of rotatable bonds is 6. The highest BCUT2D eigenvalue weighted by Gasteiger charge is 2.26. The predicted molar refractivity (Wildman–Crippen MR) is 110 cm³/mol. The molecule has 2 aromatic carbocycles. The first-order chi connectivity index (χ1) is 13.8. The molecule has 0 aliphatic rings. The van der Waals surface area contributed by atoms with Gasteiger partial charge in [-0.3, -0.25) is 9.59 Å². The molecule has 3 aromatic rings. The minimum Gasteiger partial charge on any atom is -0.479 e. The van der Waals surface area contributed by atoms with Crippen LogP contribution in [0.15, 0.2) is 54.6 Å². The molecule has 0 fully saturated rings. The van der Waals surface area contributed by atoms with Gasteiger partial charge in [0.2, 0.25) is 5.91 Å². The van der Waals surface area contributed by atoms with Crippen LogP contribution in [0.1, 0.15) is 29.0 Å². The molecule has 1 heterocycles. The number of amides is 2. The van der Waals surface area contributed by atoms with Crippen LogP contribution < -0.4 is 10.6 Å². The molecule has 0 aliphatic carbocycles. The molecule has 3 N–H and O–H groups in total. The van der Waals surface area contributed by atoms with Crippen molar-refractivity contribution in [3.8, 4) is 0 Å². The lowest BCUT2D eigenvalue weighted by Gasteiger charge is -2.19. The van der Waals surface area contributed by atoms with E-state index in [1.54, 1.807) is 60.1 Å². The van der Waals surface area contributed by atoms with Crippen LogP contribution in [0, 0.1) is 0 Å². The SMILES string of the molecule is C[C@H](NC(=O)c1cc2cc(Cl)ccc2n1C)C(=O)N[C@@H](C(=O)O)c1ccccc1. The summed E-state index contributed by atoms with van der Waals surface area (Å²) in [6, 6.07) is 13.2. The molecule has 29 heavy (non-hydrogen) atoms. The third kappa shape index (κ3) is 4.41. The molecule has 0 unspecified atom stereocenters. The number of aromatic nitrogens is 1. The maximum absolute atomic E-state index is 12.7. The minimum atomic E-state index is -1.21. The van der Waals surface area contributed by atoms with Crippen LogP contribution in [0.3, 0.4) is 0 Å². The summed E-state index contributed by atoms with van der Waals surface area (Å²) in [6.07, 6.45) is 0. The summed E-state index contributed by atoms with van der Waals surface area (Å²) >= 11 is 6.00. The average Bonchev–Trinajstić information content (AvgIpc) is 3.02. The summed E-state index contributed by atoms with van der Waals surface area (Å²) in [6.45, 7) is 1.50. The first-order valence-corrected chi connectivity index (χ1v) is 9.29. The highest BCUT2D eigenvalue weighted by Crippen LogP contribution is 2.22. The van der Waals surface area contributed by atoms with Crippen molar-refractivity contribution in [2.45, 2.75) is 19.0 Å². The summed E-state index contributed by atoms with van der Waals surface area (Å²) < 4.78 is 1.70. The van der Waals surface area contributed by atoms with Gasteiger partial charge in [0.05, 0.1) is 0 Å². The van der Waals surface area contributed by atoms with Crippen LogP contribution >= 0.6 is 11.6 Å². The van der Waals surface area contributed by atoms with E-state index in [1.165, 1.54) is 6.92 Å². The maximum atomic E-state index is 12.7. The Bertz CT molecular complexity index is 1080. The molecule has 0 radical (unpaired) electrons. The van der Waals surface area contributed by atoms with Crippen LogP contribution in [0.4, 0.5) is 0 Å². The van der Waals surface area contributed by atoms with Crippen molar-refractivity contribution < 1.29 is 19.5 Å². The van der Waals surface area contributed by atoms with Crippen molar-refractivity contribution in [1.29, 1.82) is 0 Å². The van der Waals surface area contributed by atoms with Crippen LogP contribution in [0.5, 0.6) is 0 Å². The van der Waals surface area contributed by atoms with Crippen LogP contribution in [-0.2, 0) is 16.6 Å². The molecule has 150 valence electrons. The number of hydrogen-bond acceptors (Lipinski definition) is 3. The van der Waals surface area contributed by atoms with Crippen LogP contribution in [0.2, 0.25) is 5.02 Å². The smallest absolute Gasteiger partial charge is 0.330 e. The lowest BCUT2D eigenvalue weighted by atomic mass is 10.1. The normalized spacial score (nSPS) is 12.9. The van der Waals surface area contributed by atoms with Crippen LogP contribution in [0.25, 0.3) is 10.9 Å². The van der Waals surface area contributed by atoms with Gasteiger partial charge in [0.25, 0.3) is 5.91 Å². The molecular weight excluding hydrogens is 394 g/mol. The van der Waals surface area contributed by atoms with Gasteiger partial charge in [0.15, 0.2) is 6.04 Å². The van der Waals surface area contributed by atoms with E-state index >= 15 is 0 Å². The molecule has 0 spiro atoms. The lowest BCUT2D eigenvalue weighted by molar-refractivity contribution is -0.142. The number of nitrogens with zero attached hydrogens (tertiary/aromatic N) is 1. The number of carboxylic acids is 1. The van der Waals surface area contributed by atoms with Crippen molar-refractivity contribution in [3.63, 3.8) is 0 Å². The molecule has 0 bridgehead atoms. The molecule has 7 nitrogen and oxygen atoms in total. The predicted octanol–water partition coefficient (Wildman–Crippen LogP) is 2.89. The molecule has 8 heteroatoms. The second-order valence-corrected chi connectivity index (χ2v) is 7.11. The number of nitrogens with one attached hydrogen (secondary N) is 2. The number of hydrogen-bond donors (Lipinski definition) is 3. The van der Waals surface area contributed by atoms with Gasteiger partial charge in [-0.15, -0.1) is 0 Å². The first-order valence-electron chi connectivity index (χ1n) is 8.92. The number of halogens is 1. The van der Waals surface area contributed by atoms with Gasteiger partial charge in [-0.2, -0.15) is 0 Å². The fourth-order valence-electron chi connectivity index (χ4n) is 3.07. The first kappa shape index (κ1) is 20.4. The van der Waals surface area contributed by atoms with E-state index in [1.807, 2.05) is 6.07 Å². The van der Waals surface area contributed by atoms with E-state index in [0.29, 0.717) is 16.3 Å². The Morgan fingerprint density at radius 2 is 1.72 bits per heavy atom. The summed E-state index contributed by atoms with van der Waals surface area (Å²) in [5.74, 6) is -2.24. The molecule has 3 rings (SSSR count). The number of fused-ring (bicyclic) bond motifs is 1. The van der Waals surface area contributed by atoms with E-state index in [0.717, 1.165) is 10.9 Å². The standard InChI is InChI=1S/C21H20ClN3O4/c1-12(19(26)24-18(21(28)29)13-6-4-3-5-7-13)23-20(27)17-11-14-10-15(22)8-9-16(14)25(17)2/h3-12,18H,1-2H3,(H,23,27)(H,24,26)(H,28,29)/t12-,18+/m0/s1. The monoisotopic (exact) mass is 413 g/mol. The fourth-order valence-corrected chi connectivity index (χ4v) is 3.26. The topological polar surface area (TPSA) is 100 Å². The zero-order chi connectivity index (χ0) is 21.1. The summed E-state index contributed by atoms with van der Waals surface area (Å²) in [4.78, 5) is 36.7. The van der Waals surface area contributed by atoms with E-state index in [-0.39, 0.29) is 0 Å². The fraction of sp³-hybridized carbons (Fsp3) is 0.190. The number of carbonyl (C=O) groups excluding carboxylic acids is 2. The highest BCUT2D eigenvalue weighted by molar-refractivity contribution is 6.31. The second kappa shape index (κ2) is 8.36. The minimum absolute atomic E-state index is 0.361. The Morgan fingerprint density at radius 3 is 2.38 bits per heavy atom. The molecule has 0 aliphatic heterocycles. The lowest BCUT2D eigenvalue weighted by Crippen LogP contribution is -2.47. The third-order valence-electron chi connectivity index (χ3n) is 4.64. The van der Waals surface area contributed by atoms with E-state index in [9.17, 15) is 19.5 Å². The van der Waals surface area contributed by atoms with E-state index in [2.05, 4.69) is 10.6 Å². The van der Waals surface area contributed by atoms with Crippen molar-refractivity contribution in [3.05, 3.63) is 70.9 Å². The van der Waals surface area contributed by atoms with Gasteiger partial charge in [-0.25, -0.2) is 4.79 Å². The second-order valence-electron chi connectivity index (χ2n) is 6.68. The highest BCUT2D eigenvalue weighted by atomic mass is 35.5. The van der Waals surface area contributed by atoms with Crippen molar-refractivity contribution in [2.24, 2.45) is 7.05 Å². The largest absolute Gasteiger partial charge is 0.479 e. The number of carboxylic acid groups (broad SMARTS) is 1. The molecule has 1 aromatic heterocycles. The molecule has 0 saturated carbocycles. The zero-order valence-electron chi connectivity index (χ0n) is 15.8. The van der Waals surface area contributed by atoms with Gasteiger partial charge in [0, 0.05) is 23.0 Å². The Kier molecular flexibility index (Phi) is 5.89. The van der Waals surface area contributed by atoms with Gasteiger partial charge in [-0.1, -0.05) is 41.9 Å². The third-order valence-corrected chi connectivity index (χ3v) is 4.88. The van der Waals surface area contributed by atoms with Crippen LogP contribution in [-0.4, -0.2) is 33.5 Å². The van der Waals surface area contributed by atoms with Crippen molar-refractivity contribution in [1.82, 2.24) is 15.2 Å². The van der Waals surface area contributed by atoms with Gasteiger partial charge in [0.1, 0.15) is 11.7 Å². The van der Waals surface area contributed by atoms with Gasteiger partial charge in [-0.05, 0) is 36.8 Å². The quantitative estimate of drug-likeness (QED) is 0.578. The molecule has 2 atom stereocenters.